The minimum absolute atomic E-state index is 0. The van der Waals surface area contributed by atoms with Gasteiger partial charge in [0.2, 0.25) is 0 Å². The third kappa shape index (κ3) is 49.0. The molecule has 0 heterocycles. The predicted octanol–water partition coefficient (Wildman–Crippen LogP) is -1.30. The van der Waals surface area contributed by atoms with E-state index in [1.807, 2.05) is 0 Å². The SMILES string of the molecule is [K].[O]=[Mn](=[O])(=[O])[OH]. The van der Waals surface area contributed by atoms with Crippen LogP contribution in [-0.2, 0) is 24.5 Å². The molecule has 0 aliphatic carbocycles. The molecule has 0 bridgehead atoms. The Hall–Kier alpha value is 1.52. The second-order valence-electron chi connectivity index (χ2n) is 0.396. The molecule has 0 aliphatic heterocycles. The average Bonchev–Trinajstić information content (AvgIpc) is 0.722. The molecule has 0 atom stereocenters. The number of hydrogen-bond donors (Lipinski definition) is 1. The Morgan fingerprint density at radius 2 is 1.17 bits per heavy atom. The second-order valence-corrected chi connectivity index (χ2v) is 1.63. The van der Waals surface area contributed by atoms with E-state index in [9.17, 15) is 0 Å². The van der Waals surface area contributed by atoms with Crippen molar-refractivity contribution in [2.45, 2.75) is 0 Å². The van der Waals surface area contributed by atoms with Crippen LogP contribution in [0.3, 0.4) is 0 Å². The van der Waals surface area contributed by atoms with Crippen molar-refractivity contribution in [1.82, 2.24) is 0 Å². The summed E-state index contributed by atoms with van der Waals surface area (Å²) >= 11 is -5.38. The Bertz CT molecular complexity index is 129. The Balaban J connectivity index is 0. The van der Waals surface area contributed by atoms with Crippen LogP contribution in [0.1, 0.15) is 0 Å². The van der Waals surface area contributed by atoms with Gasteiger partial charge in [-0.25, -0.2) is 0 Å². The third-order valence-corrected chi connectivity index (χ3v) is 0. The Morgan fingerprint density at radius 3 is 1.17 bits per heavy atom. The van der Waals surface area contributed by atoms with Crippen LogP contribution in [0.5, 0.6) is 0 Å². The molecule has 0 saturated carbocycles. The van der Waals surface area contributed by atoms with Crippen LogP contribution >= 0.6 is 0 Å². The topological polar surface area (TPSA) is 71.4 Å². The van der Waals surface area contributed by atoms with Crippen molar-refractivity contribution in [3.63, 3.8) is 0 Å². The zero-order chi connectivity index (χ0) is 4.50. The van der Waals surface area contributed by atoms with E-state index < -0.39 is 13.0 Å². The summed E-state index contributed by atoms with van der Waals surface area (Å²) in [4.78, 5) is 0. The van der Waals surface area contributed by atoms with Crippen LogP contribution in [0, 0.1) is 0 Å². The van der Waals surface area contributed by atoms with Crippen molar-refractivity contribution in [2.75, 3.05) is 0 Å². The summed E-state index contributed by atoms with van der Waals surface area (Å²) in [6, 6.07) is 0. The molecule has 6 heteroatoms. The van der Waals surface area contributed by atoms with Gasteiger partial charge in [-0.15, -0.1) is 0 Å². The number of rotatable bonds is 0. The molecular weight excluding hydrogens is 158 g/mol. The standard InChI is InChI=1S/K.Mn.H2O.3O/h;;1H2;;;/q;+1;;;;/p-1. The van der Waals surface area contributed by atoms with Crippen molar-refractivity contribution in [2.24, 2.45) is 0 Å². The van der Waals surface area contributed by atoms with Gasteiger partial charge in [-0.1, -0.05) is 0 Å². The van der Waals surface area contributed by atoms with Gasteiger partial charge in [0.25, 0.3) is 0 Å². The van der Waals surface area contributed by atoms with E-state index in [0.717, 1.165) is 0 Å². The first-order valence-electron chi connectivity index (χ1n) is 0.632. The van der Waals surface area contributed by atoms with Gasteiger partial charge in [-0.3, -0.25) is 0 Å². The van der Waals surface area contributed by atoms with Gasteiger partial charge in [0.1, 0.15) is 0 Å². The molecule has 0 rings (SSSR count). The molecule has 4 nitrogen and oxygen atoms in total. The van der Waals surface area contributed by atoms with Crippen LogP contribution < -0.4 is 0 Å². The molecule has 1 radical (unpaired) electrons. The molecule has 0 aromatic carbocycles. The fraction of sp³-hybridized carbons (Fsp3) is 0. The van der Waals surface area contributed by atoms with Gasteiger partial charge >= 0.3 is 28.7 Å². The second kappa shape index (κ2) is 3.51. The molecule has 0 saturated heterocycles. The van der Waals surface area contributed by atoms with E-state index in [4.69, 9.17) is 15.7 Å². The first-order chi connectivity index (χ1) is 2.00. The zero-order valence-electron chi connectivity index (χ0n) is 3.05. The van der Waals surface area contributed by atoms with Gasteiger partial charge in [0, 0.05) is 51.4 Å². The van der Waals surface area contributed by atoms with E-state index in [1.165, 1.54) is 0 Å². The summed E-state index contributed by atoms with van der Waals surface area (Å²) in [5, 5.41) is 0. The summed E-state index contributed by atoms with van der Waals surface area (Å²) in [6.07, 6.45) is 0. The van der Waals surface area contributed by atoms with Crippen LogP contribution in [0.2, 0.25) is 0 Å². The van der Waals surface area contributed by atoms with Crippen molar-refractivity contribution in [1.29, 1.82) is 0 Å². The summed E-state index contributed by atoms with van der Waals surface area (Å²) in [5.74, 6) is 0. The predicted molar refractivity (Wildman–Crippen MR) is 10.0 cm³/mol. The normalized spacial score (nSPS) is 9.50. The quantitative estimate of drug-likeness (QED) is 0.446. The average molecular weight is 159 g/mol. The molecule has 6 heavy (non-hydrogen) atoms. The monoisotopic (exact) mass is 159 g/mol. The molecule has 0 aliphatic rings. The minimum atomic E-state index is -5.38. The van der Waals surface area contributed by atoms with E-state index in [-0.39, 0.29) is 51.4 Å². The van der Waals surface area contributed by atoms with E-state index >= 15 is 0 Å². The Kier molecular flexibility index (Phi) is 6.13. The maximum absolute atomic E-state index is 8.69. The fourth-order valence-electron chi connectivity index (χ4n) is 0. The van der Waals surface area contributed by atoms with Crippen molar-refractivity contribution in [3.8, 4) is 0 Å². The molecule has 0 unspecified atom stereocenters. The molecule has 0 aromatic rings. The Labute approximate surface area is 78.5 Å². The Morgan fingerprint density at radius 1 is 1.17 bits per heavy atom. The molecule has 33 valence electrons. The van der Waals surface area contributed by atoms with Gasteiger partial charge < -0.3 is 0 Å². The van der Waals surface area contributed by atoms with Gasteiger partial charge in [0.05, 0.1) is 0 Å². The van der Waals surface area contributed by atoms with Crippen molar-refractivity contribution in [3.05, 3.63) is 0 Å². The van der Waals surface area contributed by atoms with Crippen LogP contribution in [-0.4, -0.2) is 55.6 Å². The molecule has 0 fully saturated rings. The summed E-state index contributed by atoms with van der Waals surface area (Å²) in [5.41, 5.74) is 0. The molecule has 0 aromatic heterocycles. The van der Waals surface area contributed by atoms with E-state index in [2.05, 4.69) is 0 Å². The molecule has 0 amide bonds. The number of hydrogen-bond acceptors (Lipinski definition) is 3. The van der Waals surface area contributed by atoms with Crippen LogP contribution in [0.4, 0.5) is 0 Å². The molecular formula is HKMnO4. The van der Waals surface area contributed by atoms with Gasteiger partial charge in [-0.05, 0) is 0 Å². The first-order valence-corrected chi connectivity index (χ1v) is 2.61. The van der Waals surface area contributed by atoms with Crippen molar-refractivity contribution >= 4 is 51.4 Å². The molecule has 1 N–H and O–H groups in total. The first kappa shape index (κ1) is 10.5. The van der Waals surface area contributed by atoms with Crippen molar-refractivity contribution < 1.29 is 28.7 Å². The van der Waals surface area contributed by atoms with Crippen LogP contribution in [0.15, 0.2) is 0 Å². The fourth-order valence-corrected chi connectivity index (χ4v) is 0. The summed E-state index contributed by atoms with van der Waals surface area (Å²) < 4.78 is 33.1. The summed E-state index contributed by atoms with van der Waals surface area (Å²) in [7, 11) is 0. The van der Waals surface area contributed by atoms with Gasteiger partial charge in [-0.2, -0.15) is 0 Å². The summed E-state index contributed by atoms with van der Waals surface area (Å²) in [6.45, 7) is 0. The third-order valence-electron chi connectivity index (χ3n) is 0. The van der Waals surface area contributed by atoms with Gasteiger partial charge in [0.15, 0.2) is 0 Å². The molecule has 0 spiro atoms. The van der Waals surface area contributed by atoms with Crippen LogP contribution in [0.25, 0.3) is 0 Å². The van der Waals surface area contributed by atoms with E-state index in [1.54, 1.807) is 0 Å². The zero-order valence-corrected chi connectivity index (χ0v) is 7.35. The van der Waals surface area contributed by atoms with E-state index in [0.29, 0.717) is 0 Å². The maximum atomic E-state index is 8.69.